The van der Waals surface area contributed by atoms with Crippen LogP contribution < -0.4 is 10.6 Å². The number of ether oxygens (including phenoxy) is 2. The van der Waals surface area contributed by atoms with Crippen LogP contribution in [0.5, 0.6) is 0 Å². The Kier molecular flexibility index (Phi) is 7.47. The van der Waals surface area contributed by atoms with Gasteiger partial charge in [0.25, 0.3) is 0 Å². The van der Waals surface area contributed by atoms with Crippen LogP contribution in [0, 0.1) is 5.92 Å². The van der Waals surface area contributed by atoms with E-state index in [9.17, 15) is 14.4 Å². The Morgan fingerprint density at radius 1 is 1.09 bits per heavy atom. The molecular weight excluding hydrogens is 436 g/mol. The molecule has 2 amide bonds. The summed E-state index contributed by atoms with van der Waals surface area (Å²) in [4.78, 5) is 36.0. The fourth-order valence-electron chi connectivity index (χ4n) is 4.85. The smallest absolute Gasteiger partial charge is 0.407 e. The third-order valence-electron chi connectivity index (χ3n) is 6.46. The molecule has 1 aliphatic heterocycles. The molecule has 180 valence electrons. The van der Waals surface area contributed by atoms with E-state index in [0.29, 0.717) is 19.6 Å². The highest BCUT2D eigenvalue weighted by molar-refractivity contribution is 5.80. The van der Waals surface area contributed by atoms with Crippen molar-refractivity contribution in [3.05, 3.63) is 59.7 Å². The Hall–Kier alpha value is -3.39. The van der Waals surface area contributed by atoms with Crippen LogP contribution in [0.2, 0.25) is 0 Å². The van der Waals surface area contributed by atoms with Gasteiger partial charge in [-0.3, -0.25) is 9.59 Å². The second kappa shape index (κ2) is 10.7. The molecule has 0 radical (unpaired) electrons. The molecule has 3 N–H and O–H groups in total. The van der Waals surface area contributed by atoms with Crippen molar-refractivity contribution in [1.29, 1.82) is 0 Å². The van der Waals surface area contributed by atoms with Crippen molar-refractivity contribution >= 4 is 18.0 Å². The van der Waals surface area contributed by atoms with Crippen LogP contribution in [0.15, 0.2) is 48.5 Å². The van der Waals surface area contributed by atoms with Gasteiger partial charge in [-0.2, -0.15) is 0 Å². The molecule has 1 heterocycles. The zero-order valence-corrected chi connectivity index (χ0v) is 19.2. The van der Waals surface area contributed by atoms with Gasteiger partial charge >= 0.3 is 12.1 Å². The van der Waals surface area contributed by atoms with Gasteiger partial charge in [-0.25, -0.2) is 4.79 Å². The number of alkyl carbamates (subject to hydrolysis) is 1. The lowest BCUT2D eigenvalue weighted by Gasteiger charge is -2.31. The Balaban J connectivity index is 1.27. The first-order valence-electron chi connectivity index (χ1n) is 11.6. The topological polar surface area (TPSA) is 114 Å². The third-order valence-corrected chi connectivity index (χ3v) is 6.46. The van der Waals surface area contributed by atoms with E-state index >= 15 is 0 Å². The maximum absolute atomic E-state index is 12.5. The van der Waals surface area contributed by atoms with E-state index in [2.05, 4.69) is 34.9 Å². The van der Waals surface area contributed by atoms with Gasteiger partial charge in [0.15, 0.2) is 0 Å². The Morgan fingerprint density at radius 2 is 1.74 bits per heavy atom. The average molecular weight is 467 g/mol. The normalized spacial score (nSPS) is 20.0. The number of aliphatic carboxylic acids is 1. The Bertz CT molecular complexity index is 1010. The zero-order valence-electron chi connectivity index (χ0n) is 19.2. The number of carboxylic acid groups (broad SMARTS) is 1. The van der Waals surface area contributed by atoms with Gasteiger partial charge in [0, 0.05) is 36.9 Å². The highest BCUT2D eigenvalue weighted by Crippen LogP contribution is 2.44. The van der Waals surface area contributed by atoms with Gasteiger partial charge in [-0.1, -0.05) is 48.5 Å². The minimum atomic E-state index is -0.917. The van der Waals surface area contributed by atoms with E-state index in [1.54, 1.807) is 6.92 Å². The van der Waals surface area contributed by atoms with Crippen molar-refractivity contribution in [2.45, 2.75) is 44.2 Å². The first-order chi connectivity index (χ1) is 16.4. The highest BCUT2D eigenvalue weighted by atomic mass is 16.5. The van der Waals surface area contributed by atoms with E-state index in [4.69, 9.17) is 14.6 Å². The second-order valence-corrected chi connectivity index (χ2v) is 8.97. The van der Waals surface area contributed by atoms with Crippen LogP contribution in [-0.2, 0) is 19.1 Å². The number of fused-ring (bicyclic) bond motifs is 3. The summed E-state index contributed by atoms with van der Waals surface area (Å²) in [6.07, 6.45) is 0.00883. The molecule has 34 heavy (non-hydrogen) atoms. The Morgan fingerprint density at radius 3 is 2.38 bits per heavy atom. The van der Waals surface area contributed by atoms with Gasteiger partial charge in [-0.15, -0.1) is 0 Å². The lowest BCUT2D eigenvalue weighted by Crippen LogP contribution is -2.47. The predicted molar refractivity (Wildman–Crippen MR) is 125 cm³/mol. The highest BCUT2D eigenvalue weighted by Gasteiger charge is 2.30. The molecule has 2 unspecified atom stereocenters. The van der Waals surface area contributed by atoms with E-state index in [-0.39, 0.29) is 43.2 Å². The minimum Gasteiger partial charge on any atom is -0.481 e. The first-order valence-corrected chi connectivity index (χ1v) is 11.6. The van der Waals surface area contributed by atoms with Crippen molar-refractivity contribution in [2.75, 3.05) is 19.8 Å². The zero-order chi connectivity index (χ0) is 24.1. The minimum absolute atomic E-state index is 0.0311. The summed E-state index contributed by atoms with van der Waals surface area (Å²) in [5.41, 5.74) is 4.59. The summed E-state index contributed by atoms with van der Waals surface area (Å²) in [7, 11) is 0. The second-order valence-electron chi connectivity index (χ2n) is 8.97. The average Bonchev–Trinajstić information content (AvgIpc) is 3.12. The van der Waals surface area contributed by atoms with E-state index in [1.807, 2.05) is 24.3 Å². The number of hydrogen-bond acceptors (Lipinski definition) is 5. The van der Waals surface area contributed by atoms with Crippen molar-refractivity contribution in [1.82, 2.24) is 10.6 Å². The van der Waals surface area contributed by atoms with E-state index in [0.717, 1.165) is 22.3 Å². The van der Waals surface area contributed by atoms with Gasteiger partial charge in [0.2, 0.25) is 5.91 Å². The van der Waals surface area contributed by atoms with Crippen molar-refractivity contribution in [3.8, 4) is 11.1 Å². The molecule has 3 atom stereocenters. The first kappa shape index (κ1) is 23.8. The van der Waals surface area contributed by atoms with Gasteiger partial charge in [0.1, 0.15) is 6.61 Å². The molecule has 1 saturated heterocycles. The quantitative estimate of drug-likeness (QED) is 0.550. The lowest BCUT2D eigenvalue weighted by molar-refractivity contribution is -0.140. The number of carbonyl (C=O) groups excluding carboxylic acids is 2. The third kappa shape index (κ3) is 5.56. The number of carboxylic acids is 1. The number of hydrogen-bond donors (Lipinski definition) is 3. The van der Waals surface area contributed by atoms with E-state index < -0.39 is 18.1 Å². The number of benzene rings is 2. The monoisotopic (exact) mass is 466 g/mol. The maximum Gasteiger partial charge on any atom is 0.407 e. The van der Waals surface area contributed by atoms with Gasteiger partial charge in [0.05, 0.1) is 13.0 Å². The van der Waals surface area contributed by atoms with Crippen molar-refractivity contribution < 1.29 is 29.0 Å². The van der Waals surface area contributed by atoms with Crippen LogP contribution in [0.3, 0.4) is 0 Å². The van der Waals surface area contributed by atoms with Crippen LogP contribution >= 0.6 is 0 Å². The summed E-state index contributed by atoms with van der Waals surface area (Å²) < 4.78 is 10.9. The van der Waals surface area contributed by atoms with Crippen LogP contribution in [0.25, 0.3) is 11.1 Å². The van der Waals surface area contributed by atoms with Crippen molar-refractivity contribution in [2.24, 2.45) is 5.92 Å². The fraction of sp³-hybridized carbons (Fsp3) is 0.423. The molecule has 0 bridgehead atoms. The summed E-state index contributed by atoms with van der Waals surface area (Å²) in [5, 5.41) is 14.7. The molecule has 4 rings (SSSR count). The summed E-state index contributed by atoms with van der Waals surface area (Å²) in [6.45, 7) is 2.73. The molecule has 2 aromatic rings. The van der Waals surface area contributed by atoms with E-state index in [1.165, 1.54) is 0 Å². The molecule has 1 fully saturated rings. The molecule has 2 aliphatic rings. The van der Waals surface area contributed by atoms with Crippen LogP contribution in [0.4, 0.5) is 4.79 Å². The molecule has 8 nitrogen and oxygen atoms in total. The fourth-order valence-corrected chi connectivity index (χ4v) is 4.85. The largest absolute Gasteiger partial charge is 0.481 e. The number of nitrogens with one attached hydrogen (secondary N) is 2. The van der Waals surface area contributed by atoms with Gasteiger partial charge < -0.3 is 25.2 Å². The number of carbonyl (C=O) groups is 3. The van der Waals surface area contributed by atoms with Crippen LogP contribution in [0.1, 0.15) is 43.2 Å². The van der Waals surface area contributed by atoms with Crippen molar-refractivity contribution in [3.63, 3.8) is 0 Å². The Labute approximate surface area is 198 Å². The number of amides is 2. The summed E-state index contributed by atoms with van der Waals surface area (Å²) >= 11 is 0. The number of rotatable bonds is 8. The maximum atomic E-state index is 12.5. The summed E-state index contributed by atoms with van der Waals surface area (Å²) in [6, 6.07) is 15.6. The molecular formula is C26H30N2O6. The standard InChI is InChI=1S/C26H30N2O6/c1-16(12-24(29)28-23-10-11-33-14-17(23)13-25(30)31)27-26(32)34-15-22-20-8-4-2-6-18(20)19-7-3-5-9-21(19)22/h2-9,16-17,22-23H,10-15H2,1H3,(H,27,32)(H,28,29)(H,30,31)/t16-,17?,23?/m1/s1. The molecule has 2 aromatic carbocycles. The van der Waals surface area contributed by atoms with Gasteiger partial charge in [-0.05, 0) is 35.6 Å². The lowest BCUT2D eigenvalue weighted by atomic mass is 9.92. The van der Waals surface area contributed by atoms with Crippen LogP contribution in [-0.4, -0.2) is 55.0 Å². The molecule has 0 aromatic heterocycles. The predicted octanol–water partition coefficient (Wildman–Crippen LogP) is 3.30. The SMILES string of the molecule is C[C@H](CC(=O)NC1CCOCC1CC(=O)O)NC(=O)OCC1c2ccccc2-c2ccccc21. The molecule has 0 saturated carbocycles. The molecule has 1 aliphatic carbocycles. The molecule has 8 heteroatoms. The summed E-state index contributed by atoms with van der Waals surface area (Å²) in [5.74, 6) is -1.45. The molecule has 0 spiro atoms.